The molecule has 0 aliphatic rings. The lowest BCUT2D eigenvalue weighted by Gasteiger charge is -2.08. The summed E-state index contributed by atoms with van der Waals surface area (Å²) in [5.41, 5.74) is 6.14. The Labute approximate surface area is 123 Å². The van der Waals surface area contributed by atoms with Crippen LogP contribution in [0.15, 0.2) is 33.8 Å². The van der Waals surface area contributed by atoms with Crippen molar-refractivity contribution in [3.8, 4) is 0 Å². The molecule has 0 aliphatic carbocycles. The van der Waals surface area contributed by atoms with Crippen molar-refractivity contribution >= 4 is 43.4 Å². The van der Waals surface area contributed by atoms with Crippen LogP contribution < -0.4 is 10.5 Å². The van der Waals surface area contributed by atoms with Gasteiger partial charge in [-0.25, -0.2) is 13.1 Å². The molecule has 1 heterocycles. The fourth-order valence-electron chi connectivity index (χ4n) is 1.41. The maximum absolute atomic E-state index is 12.1. The summed E-state index contributed by atoms with van der Waals surface area (Å²) in [6.07, 6.45) is 1.46. The first-order chi connectivity index (χ1) is 8.90. The Morgan fingerprint density at radius 1 is 1.47 bits per heavy atom. The molecule has 0 saturated heterocycles. The number of rotatable bonds is 4. The Bertz CT molecular complexity index is 701. The summed E-state index contributed by atoms with van der Waals surface area (Å²) in [4.78, 5) is 0.0134. The molecule has 1 aromatic heterocycles. The molecule has 6 nitrogen and oxygen atoms in total. The molecule has 19 heavy (non-hydrogen) atoms. The molecule has 2 rings (SSSR count). The van der Waals surface area contributed by atoms with Crippen LogP contribution in [0.2, 0.25) is 5.02 Å². The lowest BCUT2D eigenvalue weighted by molar-refractivity contribution is 0.581. The number of nitrogens with zero attached hydrogens (tertiary/aromatic N) is 1. The smallest absolute Gasteiger partial charge is 0.242 e. The molecule has 4 N–H and O–H groups in total. The van der Waals surface area contributed by atoms with E-state index in [0.717, 1.165) is 0 Å². The van der Waals surface area contributed by atoms with Crippen LogP contribution in [0.25, 0.3) is 0 Å². The van der Waals surface area contributed by atoms with Crippen LogP contribution in [0.5, 0.6) is 0 Å². The van der Waals surface area contributed by atoms with Crippen LogP contribution in [0.4, 0.5) is 5.82 Å². The fourth-order valence-corrected chi connectivity index (χ4v) is 3.45. The second kappa shape index (κ2) is 5.49. The highest BCUT2D eigenvalue weighted by molar-refractivity contribution is 9.10. The molecule has 0 radical (unpaired) electrons. The summed E-state index contributed by atoms with van der Waals surface area (Å²) >= 11 is 9.13. The SMILES string of the molecule is Nc1[nH]ncc1CNS(=O)(=O)c1ccc(Br)cc1Cl. The van der Waals surface area contributed by atoms with Crippen molar-refractivity contribution in [2.75, 3.05) is 5.73 Å². The zero-order valence-electron chi connectivity index (χ0n) is 9.52. The zero-order chi connectivity index (χ0) is 14.0. The second-order valence-electron chi connectivity index (χ2n) is 3.71. The van der Waals surface area contributed by atoms with Crippen LogP contribution >= 0.6 is 27.5 Å². The summed E-state index contributed by atoms with van der Waals surface area (Å²) in [6, 6.07) is 4.54. The Balaban J connectivity index is 2.21. The maximum atomic E-state index is 12.1. The zero-order valence-corrected chi connectivity index (χ0v) is 12.7. The number of H-pyrrole nitrogens is 1. The first-order valence-corrected chi connectivity index (χ1v) is 7.78. The van der Waals surface area contributed by atoms with Crippen molar-refractivity contribution < 1.29 is 8.42 Å². The van der Waals surface area contributed by atoms with Gasteiger partial charge in [0.1, 0.15) is 10.7 Å². The van der Waals surface area contributed by atoms with Gasteiger partial charge >= 0.3 is 0 Å². The van der Waals surface area contributed by atoms with Crippen molar-refractivity contribution in [2.45, 2.75) is 11.4 Å². The summed E-state index contributed by atoms with van der Waals surface area (Å²) in [5, 5.41) is 6.37. The number of anilines is 1. The molecule has 2 aromatic rings. The number of sulfonamides is 1. The molecule has 0 aliphatic heterocycles. The van der Waals surface area contributed by atoms with Gasteiger partial charge in [-0.05, 0) is 18.2 Å². The van der Waals surface area contributed by atoms with E-state index in [4.69, 9.17) is 17.3 Å². The number of hydrogen-bond acceptors (Lipinski definition) is 4. The normalized spacial score (nSPS) is 11.7. The number of nitrogen functional groups attached to an aromatic ring is 1. The highest BCUT2D eigenvalue weighted by Gasteiger charge is 2.18. The molecular formula is C10H10BrClN4O2S. The highest BCUT2D eigenvalue weighted by atomic mass is 79.9. The molecule has 0 bridgehead atoms. The lowest BCUT2D eigenvalue weighted by Crippen LogP contribution is -2.23. The van der Waals surface area contributed by atoms with Gasteiger partial charge in [-0.2, -0.15) is 5.10 Å². The minimum Gasteiger partial charge on any atom is -0.384 e. The predicted molar refractivity (Wildman–Crippen MR) is 76.2 cm³/mol. The van der Waals surface area contributed by atoms with E-state index in [9.17, 15) is 8.42 Å². The maximum Gasteiger partial charge on any atom is 0.242 e. The molecule has 1 aromatic carbocycles. The van der Waals surface area contributed by atoms with Gasteiger partial charge in [-0.1, -0.05) is 27.5 Å². The van der Waals surface area contributed by atoms with Gasteiger partial charge in [0.15, 0.2) is 0 Å². The molecule has 0 fully saturated rings. The van der Waals surface area contributed by atoms with Gasteiger partial charge in [-0.3, -0.25) is 5.10 Å². The minimum atomic E-state index is -3.70. The first kappa shape index (κ1) is 14.3. The summed E-state index contributed by atoms with van der Waals surface area (Å²) in [7, 11) is -3.70. The van der Waals surface area contributed by atoms with Crippen LogP contribution in [0.1, 0.15) is 5.56 Å². The monoisotopic (exact) mass is 364 g/mol. The lowest BCUT2D eigenvalue weighted by atomic mass is 10.3. The van der Waals surface area contributed by atoms with E-state index in [1.807, 2.05) is 0 Å². The summed E-state index contributed by atoms with van der Waals surface area (Å²) < 4.78 is 27.3. The largest absolute Gasteiger partial charge is 0.384 e. The molecule has 0 spiro atoms. The average molecular weight is 366 g/mol. The molecule has 9 heteroatoms. The van der Waals surface area contributed by atoms with Crippen molar-refractivity contribution in [1.82, 2.24) is 14.9 Å². The number of nitrogens with two attached hydrogens (primary N) is 1. The van der Waals surface area contributed by atoms with Gasteiger partial charge in [0.05, 0.1) is 11.2 Å². The van der Waals surface area contributed by atoms with Crippen molar-refractivity contribution in [3.63, 3.8) is 0 Å². The van der Waals surface area contributed by atoms with E-state index in [-0.39, 0.29) is 16.5 Å². The molecule has 0 atom stereocenters. The van der Waals surface area contributed by atoms with Gasteiger partial charge < -0.3 is 5.73 Å². The quantitative estimate of drug-likeness (QED) is 0.770. The number of aromatic amines is 1. The Morgan fingerprint density at radius 2 is 2.21 bits per heavy atom. The average Bonchev–Trinajstić information content (AvgIpc) is 2.72. The van der Waals surface area contributed by atoms with Gasteiger partial charge in [0.25, 0.3) is 0 Å². The number of aromatic nitrogens is 2. The summed E-state index contributed by atoms with van der Waals surface area (Å²) in [5.74, 6) is 0.324. The Kier molecular flexibility index (Phi) is 4.14. The third-order valence-electron chi connectivity index (χ3n) is 2.39. The van der Waals surface area contributed by atoms with E-state index < -0.39 is 10.0 Å². The third kappa shape index (κ3) is 3.27. The standard InChI is InChI=1S/C10H10BrClN4O2S/c11-7-1-2-9(8(12)3-7)19(17,18)15-5-6-4-14-16-10(6)13/h1-4,15H,5H2,(H3,13,14,16). The van der Waals surface area contributed by atoms with Crippen molar-refractivity contribution in [2.24, 2.45) is 0 Å². The van der Waals surface area contributed by atoms with E-state index in [0.29, 0.717) is 15.9 Å². The number of benzene rings is 1. The second-order valence-corrected chi connectivity index (χ2v) is 6.77. The van der Waals surface area contributed by atoms with Gasteiger partial charge in [0, 0.05) is 16.6 Å². The van der Waals surface area contributed by atoms with Crippen LogP contribution in [-0.2, 0) is 16.6 Å². The summed E-state index contributed by atoms with van der Waals surface area (Å²) in [6.45, 7) is 0.0387. The first-order valence-electron chi connectivity index (χ1n) is 5.12. The predicted octanol–water partition coefficient (Wildman–Crippen LogP) is 1.89. The highest BCUT2D eigenvalue weighted by Crippen LogP contribution is 2.25. The molecule has 102 valence electrons. The minimum absolute atomic E-state index is 0.0134. The Morgan fingerprint density at radius 3 is 2.79 bits per heavy atom. The molecule has 0 saturated carbocycles. The fraction of sp³-hybridized carbons (Fsp3) is 0.100. The number of hydrogen-bond donors (Lipinski definition) is 3. The Hall–Kier alpha value is -1.09. The topological polar surface area (TPSA) is 101 Å². The van der Waals surface area contributed by atoms with Gasteiger partial charge in [0.2, 0.25) is 10.0 Å². The molecule has 0 unspecified atom stereocenters. The van der Waals surface area contributed by atoms with Crippen molar-refractivity contribution in [1.29, 1.82) is 0 Å². The molecular weight excluding hydrogens is 356 g/mol. The van der Waals surface area contributed by atoms with Crippen LogP contribution in [0, 0.1) is 0 Å². The van der Waals surface area contributed by atoms with E-state index in [1.165, 1.54) is 18.3 Å². The third-order valence-corrected chi connectivity index (χ3v) is 4.76. The molecule has 0 amide bonds. The number of halogens is 2. The van der Waals surface area contributed by atoms with E-state index in [2.05, 4.69) is 30.8 Å². The van der Waals surface area contributed by atoms with Gasteiger partial charge in [-0.15, -0.1) is 0 Å². The van der Waals surface area contributed by atoms with E-state index >= 15 is 0 Å². The van der Waals surface area contributed by atoms with Crippen LogP contribution in [0.3, 0.4) is 0 Å². The van der Waals surface area contributed by atoms with Crippen LogP contribution in [-0.4, -0.2) is 18.6 Å². The van der Waals surface area contributed by atoms with Crippen molar-refractivity contribution in [3.05, 3.63) is 39.5 Å². The van der Waals surface area contributed by atoms with E-state index in [1.54, 1.807) is 6.07 Å². The number of nitrogens with one attached hydrogen (secondary N) is 2.